The Hall–Kier alpha value is -1.94. The molecule has 2 rings (SSSR count). The van der Waals surface area contributed by atoms with Crippen molar-refractivity contribution in [3.63, 3.8) is 0 Å². The summed E-state index contributed by atoms with van der Waals surface area (Å²) in [6, 6.07) is 0.994. The van der Waals surface area contributed by atoms with Crippen LogP contribution in [-0.4, -0.2) is 36.7 Å². The minimum Gasteiger partial charge on any atom is -0.296 e. The molecule has 114 valence electrons. The lowest BCUT2D eigenvalue weighted by Crippen LogP contribution is -2.39. The van der Waals surface area contributed by atoms with Gasteiger partial charge in [-0.05, 0) is 6.42 Å². The van der Waals surface area contributed by atoms with Crippen molar-refractivity contribution in [1.82, 2.24) is 15.5 Å². The number of carbonyl (C=O) groups is 2. The Balaban J connectivity index is 2.15. The SMILES string of the molecule is CS(=O)(=O)OCc1nnc(C2CCC(=O)NC2=O)cc1F. The molecular weight excluding hydrogens is 305 g/mol. The van der Waals surface area contributed by atoms with E-state index in [0.29, 0.717) is 0 Å². The molecule has 0 aromatic carbocycles. The second-order valence-electron chi connectivity index (χ2n) is 4.53. The second-order valence-corrected chi connectivity index (χ2v) is 6.18. The van der Waals surface area contributed by atoms with Gasteiger partial charge in [-0.1, -0.05) is 0 Å². The van der Waals surface area contributed by atoms with Crippen molar-refractivity contribution >= 4 is 21.9 Å². The fourth-order valence-corrected chi connectivity index (χ4v) is 2.14. The van der Waals surface area contributed by atoms with Crippen LogP contribution in [0.1, 0.15) is 30.1 Å². The molecule has 2 heterocycles. The molecule has 0 saturated carbocycles. The van der Waals surface area contributed by atoms with E-state index in [-0.39, 0.29) is 30.1 Å². The first kappa shape index (κ1) is 15.4. The molecule has 1 aliphatic rings. The normalized spacial score (nSPS) is 19.4. The molecule has 8 nitrogen and oxygen atoms in total. The summed E-state index contributed by atoms with van der Waals surface area (Å²) in [5, 5.41) is 9.37. The van der Waals surface area contributed by atoms with Crippen LogP contribution in [0.4, 0.5) is 4.39 Å². The molecule has 2 amide bonds. The standard InChI is InChI=1S/C11H12FN3O5S/c1-21(18,19)20-5-9-7(12)4-8(14-15-9)6-2-3-10(16)13-11(6)17/h4,6H,2-3,5H2,1H3,(H,13,16,17). The molecular formula is C11H12FN3O5S. The Bertz CT molecular complexity index is 691. The van der Waals surface area contributed by atoms with Gasteiger partial charge < -0.3 is 0 Å². The van der Waals surface area contributed by atoms with E-state index < -0.39 is 34.4 Å². The maximum Gasteiger partial charge on any atom is 0.264 e. The highest BCUT2D eigenvalue weighted by Gasteiger charge is 2.30. The van der Waals surface area contributed by atoms with Gasteiger partial charge in [0.15, 0.2) is 5.82 Å². The number of imide groups is 1. The number of halogens is 1. The minimum atomic E-state index is -3.72. The molecule has 10 heteroatoms. The van der Waals surface area contributed by atoms with Gasteiger partial charge in [0.05, 0.1) is 17.9 Å². The molecule has 1 N–H and O–H groups in total. The topological polar surface area (TPSA) is 115 Å². The van der Waals surface area contributed by atoms with E-state index >= 15 is 0 Å². The van der Waals surface area contributed by atoms with E-state index in [1.807, 2.05) is 0 Å². The highest BCUT2D eigenvalue weighted by atomic mass is 32.2. The van der Waals surface area contributed by atoms with Crippen molar-refractivity contribution in [2.24, 2.45) is 0 Å². The van der Waals surface area contributed by atoms with E-state index in [1.54, 1.807) is 0 Å². The zero-order valence-electron chi connectivity index (χ0n) is 11.0. The highest BCUT2D eigenvalue weighted by molar-refractivity contribution is 7.85. The van der Waals surface area contributed by atoms with Gasteiger partial charge in [-0.2, -0.15) is 13.5 Å². The van der Waals surface area contributed by atoms with Crippen molar-refractivity contribution in [3.8, 4) is 0 Å². The molecule has 21 heavy (non-hydrogen) atoms. The van der Waals surface area contributed by atoms with Crippen LogP contribution in [0, 0.1) is 5.82 Å². The van der Waals surface area contributed by atoms with Gasteiger partial charge in [0.2, 0.25) is 11.8 Å². The van der Waals surface area contributed by atoms with E-state index in [4.69, 9.17) is 0 Å². The third kappa shape index (κ3) is 4.02. The van der Waals surface area contributed by atoms with Gasteiger partial charge in [-0.3, -0.25) is 19.1 Å². The summed E-state index contributed by atoms with van der Waals surface area (Å²) in [4.78, 5) is 22.7. The van der Waals surface area contributed by atoms with E-state index in [9.17, 15) is 22.4 Å². The van der Waals surface area contributed by atoms with Crippen LogP contribution in [0.2, 0.25) is 0 Å². The number of carbonyl (C=O) groups excluding carboxylic acids is 2. The van der Waals surface area contributed by atoms with Gasteiger partial charge in [0.25, 0.3) is 10.1 Å². The van der Waals surface area contributed by atoms with Crippen molar-refractivity contribution in [1.29, 1.82) is 0 Å². The molecule has 1 aromatic heterocycles. The smallest absolute Gasteiger partial charge is 0.264 e. The summed E-state index contributed by atoms with van der Waals surface area (Å²) in [7, 11) is -3.72. The summed E-state index contributed by atoms with van der Waals surface area (Å²) >= 11 is 0. The molecule has 1 saturated heterocycles. The number of nitrogens with one attached hydrogen (secondary N) is 1. The first-order chi connectivity index (χ1) is 9.76. The van der Waals surface area contributed by atoms with Crippen LogP contribution >= 0.6 is 0 Å². The maximum absolute atomic E-state index is 13.8. The fraction of sp³-hybridized carbons (Fsp3) is 0.455. The Labute approximate surface area is 119 Å². The Morgan fingerprint density at radius 1 is 1.43 bits per heavy atom. The number of hydrogen-bond donors (Lipinski definition) is 1. The second kappa shape index (κ2) is 5.82. The summed E-state index contributed by atoms with van der Waals surface area (Å²) in [6.07, 6.45) is 1.19. The van der Waals surface area contributed by atoms with Crippen LogP contribution in [0.15, 0.2) is 6.07 Å². The van der Waals surface area contributed by atoms with E-state index in [2.05, 4.69) is 19.7 Å². The zero-order chi connectivity index (χ0) is 15.6. The average Bonchev–Trinajstić information content (AvgIpc) is 2.36. The summed E-state index contributed by atoms with van der Waals surface area (Å²) in [5.41, 5.74) is -0.197. The Morgan fingerprint density at radius 3 is 2.71 bits per heavy atom. The van der Waals surface area contributed by atoms with Crippen LogP contribution < -0.4 is 5.32 Å². The van der Waals surface area contributed by atoms with Crippen LogP contribution in [0.3, 0.4) is 0 Å². The van der Waals surface area contributed by atoms with Crippen LogP contribution in [0.5, 0.6) is 0 Å². The summed E-state index contributed by atoms with van der Waals surface area (Å²) in [6.45, 7) is -0.576. The number of aromatic nitrogens is 2. The lowest BCUT2D eigenvalue weighted by molar-refractivity contribution is -0.134. The third-order valence-electron chi connectivity index (χ3n) is 2.84. The number of rotatable bonds is 4. The Morgan fingerprint density at radius 2 is 2.14 bits per heavy atom. The molecule has 0 radical (unpaired) electrons. The lowest BCUT2D eigenvalue weighted by Gasteiger charge is -2.19. The third-order valence-corrected chi connectivity index (χ3v) is 3.39. The number of amides is 2. The lowest BCUT2D eigenvalue weighted by atomic mass is 9.94. The Kier molecular flexibility index (Phi) is 4.28. The van der Waals surface area contributed by atoms with Crippen LogP contribution in [-0.2, 0) is 30.5 Å². The van der Waals surface area contributed by atoms with Gasteiger partial charge in [-0.25, -0.2) is 4.39 Å². The molecule has 1 atom stereocenters. The fourth-order valence-electron chi connectivity index (χ4n) is 1.81. The van der Waals surface area contributed by atoms with Gasteiger partial charge in [-0.15, -0.1) is 5.10 Å². The molecule has 0 bridgehead atoms. The minimum absolute atomic E-state index is 0.0839. The molecule has 1 aromatic rings. The average molecular weight is 317 g/mol. The van der Waals surface area contributed by atoms with Gasteiger partial charge in [0, 0.05) is 12.5 Å². The van der Waals surface area contributed by atoms with E-state index in [0.717, 1.165) is 12.3 Å². The molecule has 0 spiro atoms. The molecule has 0 aliphatic carbocycles. The highest BCUT2D eigenvalue weighted by Crippen LogP contribution is 2.23. The number of hydrogen-bond acceptors (Lipinski definition) is 7. The first-order valence-corrected chi connectivity index (χ1v) is 7.78. The number of nitrogens with zero attached hydrogens (tertiary/aromatic N) is 2. The number of piperidine rings is 1. The first-order valence-electron chi connectivity index (χ1n) is 5.96. The molecule has 1 aliphatic heterocycles. The van der Waals surface area contributed by atoms with Gasteiger partial charge in [0.1, 0.15) is 12.3 Å². The maximum atomic E-state index is 13.8. The van der Waals surface area contributed by atoms with Crippen molar-refractivity contribution in [3.05, 3.63) is 23.3 Å². The quantitative estimate of drug-likeness (QED) is 0.594. The summed E-state index contributed by atoms with van der Waals surface area (Å²) < 4.78 is 39.9. The van der Waals surface area contributed by atoms with Crippen molar-refractivity contribution in [2.75, 3.05) is 6.26 Å². The van der Waals surface area contributed by atoms with Crippen molar-refractivity contribution in [2.45, 2.75) is 25.4 Å². The monoisotopic (exact) mass is 317 g/mol. The summed E-state index contributed by atoms with van der Waals surface area (Å²) in [5.74, 6) is -2.52. The van der Waals surface area contributed by atoms with Crippen molar-refractivity contribution < 1.29 is 26.6 Å². The predicted molar refractivity (Wildman–Crippen MR) is 66.7 cm³/mol. The largest absolute Gasteiger partial charge is 0.296 e. The van der Waals surface area contributed by atoms with Gasteiger partial charge >= 0.3 is 0 Å². The zero-order valence-corrected chi connectivity index (χ0v) is 11.8. The molecule has 1 unspecified atom stereocenters. The predicted octanol–water partition coefficient (Wildman–Crippen LogP) is -0.388. The van der Waals surface area contributed by atoms with Crippen LogP contribution in [0.25, 0.3) is 0 Å². The molecule has 1 fully saturated rings. The van der Waals surface area contributed by atoms with E-state index in [1.165, 1.54) is 0 Å².